The normalized spacial score (nSPS) is 10.4. The number of hydrogen-bond acceptors (Lipinski definition) is 5. The average molecular weight is 406 g/mol. The number of rotatable bonds is 3. The van der Waals surface area contributed by atoms with Crippen LogP contribution in [0.2, 0.25) is 10.0 Å². The summed E-state index contributed by atoms with van der Waals surface area (Å²) in [7, 11) is 0. The number of nitrogens with zero attached hydrogens (tertiary/aromatic N) is 5. The summed E-state index contributed by atoms with van der Waals surface area (Å²) in [5, 5.41) is 27.9. The lowest BCUT2D eigenvalue weighted by molar-refractivity contribution is 0.478. The molecule has 0 amide bonds. The second kappa shape index (κ2) is 7.21. The average Bonchev–Trinajstić information content (AvgIpc) is 3.13. The van der Waals surface area contributed by atoms with Gasteiger partial charge in [0.1, 0.15) is 29.1 Å². The molecule has 1 heterocycles. The molecule has 0 aliphatic heterocycles. The lowest BCUT2D eigenvalue weighted by atomic mass is 10.1. The first-order chi connectivity index (χ1) is 13.6. The van der Waals surface area contributed by atoms with Gasteiger partial charge in [-0.2, -0.15) is 10.5 Å². The molecule has 0 aliphatic carbocycles. The van der Waals surface area contributed by atoms with Gasteiger partial charge in [0.25, 0.3) is 0 Å². The molecule has 28 heavy (non-hydrogen) atoms. The van der Waals surface area contributed by atoms with Gasteiger partial charge in [-0.15, -0.1) is 5.10 Å². The highest BCUT2D eigenvalue weighted by Gasteiger charge is 2.17. The molecule has 0 atom stereocenters. The molecule has 6 nitrogen and oxygen atoms in total. The van der Waals surface area contributed by atoms with Crippen LogP contribution < -0.4 is 4.74 Å². The third kappa shape index (κ3) is 3.12. The Morgan fingerprint density at radius 2 is 1.64 bits per heavy atom. The maximum atomic E-state index is 9.42. The lowest BCUT2D eigenvalue weighted by Crippen LogP contribution is -2.02. The maximum absolute atomic E-state index is 9.42. The minimum absolute atomic E-state index is 0.177. The quantitative estimate of drug-likeness (QED) is 0.463. The van der Waals surface area contributed by atoms with Gasteiger partial charge in [0.2, 0.25) is 0 Å². The Morgan fingerprint density at radius 1 is 0.893 bits per heavy atom. The van der Waals surface area contributed by atoms with Crippen molar-refractivity contribution in [2.45, 2.75) is 0 Å². The van der Waals surface area contributed by atoms with E-state index >= 15 is 0 Å². The zero-order chi connectivity index (χ0) is 19.7. The van der Waals surface area contributed by atoms with Crippen molar-refractivity contribution in [3.8, 4) is 29.3 Å². The van der Waals surface area contributed by atoms with Crippen LogP contribution in [0, 0.1) is 22.7 Å². The number of fused-ring (bicyclic) bond motifs is 1. The summed E-state index contributed by atoms with van der Waals surface area (Å²) in [6.45, 7) is 0. The molecule has 1 aromatic heterocycles. The van der Waals surface area contributed by atoms with Gasteiger partial charge in [-0.3, -0.25) is 0 Å². The Morgan fingerprint density at radius 3 is 2.39 bits per heavy atom. The Kier molecular flexibility index (Phi) is 4.58. The van der Waals surface area contributed by atoms with Gasteiger partial charge in [-0.1, -0.05) is 40.5 Å². The summed E-state index contributed by atoms with van der Waals surface area (Å²) >= 11 is 12.2. The van der Waals surface area contributed by atoms with Crippen LogP contribution in [-0.2, 0) is 0 Å². The van der Waals surface area contributed by atoms with E-state index in [2.05, 4.69) is 10.3 Å². The Balaban J connectivity index is 1.94. The molecule has 0 bridgehead atoms. The van der Waals surface area contributed by atoms with Crippen LogP contribution >= 0.6 is 23.2 Å². The molecular formula is C20H9Cl2N5O. The molecule has 0 spiro atoms. The number of benzene rings is 3. The summed E-state index contributed by atoms with van der Waals surface area (Å²) < 4.78 is 7.52. The van der Waals surface area contributed by atoms with Crippen LogP contribution in [0.5, 0.6) is 11.5 Å². The zero-order valence-corrected chi connectivity index (χ0v) is 15.6. The summed E-state index contributed by atoms with van der Waals surface area (Å²) in [6.07, 6.45) is 0. The molecule has 0 unspecified atom stereocenters. The largest absolute Gasteiger partial charge is 0.453 e. The van der Waals surface area contributed by atoms with Crippen molar-refractivity contribution in [2.24, 2.45) is 0 Å². The van der Waals surface area contributed by atoms with Gasteiger partial charge >= 0.3 is 0 Å². The molecule has 0 N–H and O–H groups in total. The molecule has 3 aromatic carbocycles. The molecule has 0 saturated heterocycles. The van der Waals surface area contributed by atoms with Crippen molar-refractivity contribution in [3.63, 3.8) is 0 Å². The molecular weight excluding hydrogens is 397 g/mol. The van der Waals surface area contributed by atoms with Crippen molar-refractivity contribution in [1.82, 2.24) is 15.0 Å². The summed E-state index contributed by atoms with van der Waals surface area (Å²) in [5.41, 5.74) is 2.24. The van der Waals surface area contributed by atoms with E-state index in [-0.39, 0.29) is 11.1 Å². The molecule has 4 rings (SSSR count). The topological polar surface area (TPSA) is 87.5 Å². The van der Waals surface area contributed by atoms with E-state index in [1.165, 1.54) is 6.07 Å². The zero-order valence-electron chi connectivity index (χ0n) is 14.1. The molecule has 0 aliphatic rings. The van der Waals surface area contributed by atoms with E-state index in [1.807, 2.05) is 36.4 Å². The second-order valence-corrected chi connectivity index (χ2v) is 6.60. The number of nitriles is 2. The van der Waals surface area contributed by atoms with E-state index in [9.17, 15) is 10.5 Å². The number of aromatic nitrogens is 3. The first-order valence-corrected chi connectivity index (χ1v) is 8.78. The van der Waals surface area contributed by atoms with E-state index in [4.69, 9.17) is 27.9 Å². The third-order valence-corrected chi connectivity index (χ3v) is 4.56. The highest BCUT2D eigenvalue weighted by atomic mass is 35.5. The van der Waals surface area contributed by atoms with Crippen LogP contribution in [0.25, 0.3) is 16.7 Å². The number of ether oxygens (including phenoxy) is 1. The fraction of sp³-hybridized carbons (Fsp3) is 0. The van der Waals surface area contributed by atoms with Crippen molar-refractivity contribution in [1.29, 1.82) is 10.5 Å². The minimum atomic E-state index is 0.177. The maximum Gasteiger partial charge on any atom is 0.154 e. The summed E-state index contributed by atoms with van der Waals surface area (Å²) in [5.74, 6) is 0.653. The molecule has 4 aromatic rings. The van der Waals surface area contributed by atoms with Crippen molar-refractivity contribution in [2.75, 3.05) is 0 Å². The van der Waals surface area contributed by atoms with E-state index in [0.717, 1.165) is 5.52 Å². The fourth-order valence-corrected chi connectivity index (χ4v) is 3.17. The third-order valence-electron chi connectivity index (χ3n) is 4.03. The number of hydrogen-bond donors (Lipinski definition) is 0. The van der Waals surface area contributed by atoms with E-state index in [1.54, 1.807) is 28.9 Å². The fourth-order valence-electron chi connectivity index (χ4n) is 2.72. The highest BCUT2D eigenvalue weighted by molar-refractivity contribution is 6.35. The van der Waals surface area contributed by atoms with Gasteiger partial charge in [0.15, 0.2) is 5.75 Å². The summed E-state index contributed by atoms with van der Waals surface area (Å²) in [6, 6.07) is 19.2. The molecule has 8 heteroatoms. The van der Waals surface area contributed by atoms with Crippen LogP contribution in [0.15, 0.2) is 54.6 Å². The monoisotopic (exact) mass is 405 g/mol. The number of para-hydroxylation sites is 1. The Hall–Kier alpha value is -3.58. The first-order valence-electron chi connectivity index (χ1n) is 8.02. The molecule has 0 radical (unpaired) electrons. The van der Waals surface area contributed by atoms with Crippen molar-refractivity contribution >= 4 is 34.2 Å². The van der Waals surface area contributed by atoms with Crippen molar-refractivity contribution < 1.29 is 4.74 Å². The van der Waals surface area contributed by atoms with E-state index < -0.39 is 0 Å². The number of halogens is 2. The van der Waals surface area contributed by atoms with E-state index in [0.29, 0.717) is 32.7 Å². The predicted octanol–water partition coefficient (Wildman–Crippen LogP) is 5.26. The lowest BCUT2D eigenvalue weighted by Gasteiger charge is -2.14. The smallest absolute Gasteiger partial charge is 0.154 e. The van der Waals surface area contributed by atoms with Crippen LogP contribution in [0.1, 0.15) is 11.1 Å². The summed E-state index contributed by atoms with van der Waals surface area (Å²) in [4.78, 5) is 0. The SMILES string of the molecule is N#Cc1cc(Oc2ccc(Cl)cc2Cl)c(-n2nnc3ccccc32)cc1C#N. The van der Waals surface area contributed by atoms with Gasteiger partial charge in [-0.05, 0) is 36.4 Å². The standard InChI is InChI=1S/C20H9Cl2N5O/c21-14-5-6-19(15(22)9-14)28-20-8-13(11-24)12(10-23)7-18(20)27-17-4-2-1-3-16(17)25-26-27/h1-9H. The second-order valence-electron chi connectivity index (χ2n) is 5.76. The van der Waals surface area contributed by atoms with Crippen LogP contribution in [-0.4, -0.2) is 15.0 Å². The van der Waals surface area contributed by atoms with Crippen molar-refractivity contribution in [3.05, 3.63) is 75.8 Å². The van der Waals surface area contributed by atoms with Gasteiger partial charge in [0, 0.05) is 11.1 Å². The first kappa shape index (κ1) is 17.8. The van der Waals surface area contributed by atoms with Crippen LogP contribution in [0.4, 0.5) is 0 Å². The molecule has 134 valence electrons. The molecule has 0 fully saturated rings. The van der Waals surface area contributed by atoms with Gasteiger partial charge in [0.05, 0.1) is 21.7 Å². The minimum Gasteiger partial charge on any atom is -0.453 e. The Bertz CT molecular complexity index is 1300. The Labute approximate surface area is 169 Å². The molecule has 0 saturated carbocycles. The highest BCUT2D eigenvalue weighted by Crippen LogP contribution is 2.36. The van der Waals surface area contributed by atoms with Crippen LogP contribution in [0.3, 0.4) is 0 Å². The predicted molar refractivity (Wildman–Crippen MR) is 105 cm³/mol. The van der Waals surface area contributed by atoms with Gasteiger partial charge < -0.3 is 4.74 Å². The van der Waals surface area contributed by atoms with Gasteiger partial charge in [-0.25, -0.2) is 4.68 Å².